The lowest BCUT2D eigenvalue weighted by molar-refractivity contribution is 0.425. The molecule has 0 atom stereocenters. The number of benzene rings is 2. The van der Waals surface area contributed by atoms with Crippen molar-refractivity contribution in [3.63, 3.8) is 0 Å². The molecule has 0 bridgehead atoms. The van der Waals surface area contributed by atoms with Crippen LogP contribution in [0.15, 0.2) is 83.6 Å². The molecule has 4 nitrogen and oxygen atoms in total. The molecule has 0 saturated heterocycles. The Labute approximate surface area is 149 Å². The van der Waals surface area contributed by atoms with E-state index in [0.717, 1.165) is 16.8 Å². The first-order valence-electron chi connectivity index (χ1n) is 8.15. The van der Waals surface area contributed by atoms with E-state index in [1.807, 2.05) is 42.5 Å². The number of aromatic nitrogens is 2. The zero-order chi connectivity index (χ0) is 17.8. The van der Waals surface area contributed by atoms with Crippen LogP contribution in [0.3, 0.4) is 0 Å². The van der Waals surface area contributed by atoms with Crippen LogP contribution in [0.25, 0.3) is 11.3 Å². The van der Waals surface area contributed by atoms with Gasteiger partial charge in [0.2, 0.25) is 0 Å². The van der Waals surface area contributed by atoms with Crippen LogP contribution in [0.5, 0.6) is 11.5 Å². The molecule has 0 N–H and O–H groups in total. The fourth-order valence-electron chi connectivity index (χ4n) is 2.59. The maximum Gasteiger partial charge on any atom is 0.168 e. The fraction of sp³-hybridized carbons (Fsp3) is 0.0476. The lowest BCUT2D eigenvalue weighted by Crippen LogP contribution is -1.89. The summed E-state index contributed by atoms with van der Waals surface area (Å²) >= 11 is 0. The molecule has 0 saturated carbocycles. The third-order valence-electron chi connectivity index (χ3n) is 3.85. The second kappa shape index (κ2) is 7.19. The van der Waals surface area contributed by atoms with Crippen LogP contribution in [0.1, 0.15) is 11.3 Å². The topological polar surface area (TPSA) is 48.2 Å². The molecule has 2 aromatic heterocycles. The number of nitrogens with zero attached hydrogens (tertiary/aromatic N) is 2. The molecule has 26 heavy (non-hydrogen) atoms. The Bertz CT molecular complexity index is 998. The molecule has 4 aromatic rings. The summed E-state index contributed by atoms with van der Waals surface area (Å²) in [5.74, 6) is 1.49. The van der Waals surface area contributed by atoms with Crippen LogP contribution in [-0.2, 0) is 6.42 Å². The molecular weight excluding hydrogens is 331 g/mol. The van der Waals surface area contributed by atoms with Gasteiger partial charge in [0.15, 0.2) is 5.76 Å². The van der Waals surface area contributed by atoms with Crippen molar-refractivity contribution in [1.82, 2.24) is 10.1 Å². The Morgan fingerprint density at radius 1 is 0.923 bits per heavy atom. The quantitative estimate of drug-likeness (QED) is 0.495. The summed E-state index contributed by atoms with van der Waals surface area (Å²) < 4.78 is 24.2. The predicted octanol–water partition coefficient (Wildman–Crippen LogP) is 5.26. The molecule has 0 aliphatic rings. The highest BCUT2D eigenvalue weighted by molar-refractivity contribution is 5.55. The molecule has 2 aromatic carbocycles. The normalized spacial score (nSPS) is 10.7. The van der Waals surface area contributed by atoms with Gasteiger partial charge in [-0.2, -0.15) is 0 Å². The van der Waals surface area contributed by atoms with E-state index < -0.39 is 0 Å². The van der Waals surface area contributed by atoms with Crippen LogP contribution in [0, 0.1) is 5.82 Å². The molecule has 0 spiro atoms. The van der Waals surface area contributed by atoms with E-state index in [0.29, 0.717) is 23.7 Å². The maximum atomic E-state index is 13.2. The van der Waals surface area contributed by atoms with E-state index in [2.05, 4.69) is 10.1 Å². The van der Waals surface area contributed by atoms with Crippen molar-refractivity contribution >= 4 is 0 Å². The van der Waals surface area contributed by atoms with Crippen molar-refractivity contribution in [1.29, 1.82) is 0 Å². The van der Waals surface area contributed by atoms with Crippen molar-refractivity contribution in [2.45, 2.75) is 6.42 Å². The SMILES string of the molecule is Fc1cccc(Oc2ccc(Cc3cc(-c4cccnc4)on3)cc2)c1. The first-order chi connectivity index (χ1) is 12.8. The third-order valence-corrected chi connectivity index (χ3v) is 3.85. The largest absolute Gasteiger partial charge is 0.457 e. The van der Waals surface area contributed by atoms with Gasteiger partial charge >= 0.3 is 0 Å². The third kappa shape index (κ3) is 3.78. The summed E-state index contributed by atoms with van der Waals surface area (Å²) in [6.45, 7) is 0. The van der Waals surface area contributed by atoms with Crippen LogP contribution >= 0.6 is 0 Å². The molecule has 5 heteroatoms. The molecular formula is C21H15FN2O2. The monoisotopic (exact) mass is 346 g/mol. The Morgan fingerprint density at radius 2 is 1.81 bits per heavy atom. The summed E-state index contributed by atoms with van der Waals surface area (Å²) in [7, 11) is 0. The van der Waals surface area contributed by atoms with Crippen LogP contribution in [0.2, 0.25) is 0 Å². The lowest BCUT2D eigenvalue weighted by Gasteiger charge is -2.06. The van der Waals surface area contributed by atoms with Gasteiger partial charge in [0.25, 0.3) is 0 Å². The van der Waals surface area contributed by atoms with E-state index >= 15 is 0 Å². The smallest absolute Gasteiger partial charge is 0.168 e. The Balaban J connectivity index is 1.44. The van der Waals surface area contributed by atoms with E-state index in [1.54, 1.807) is 24.5 Å². The molecule has 2 heterocycles. The summed E-state index contributed by atoms with van der Waals surface area (Å²) in [5, 5.41) is 4.11. The van der Waals surface area contributed by atoms with Gasteiger partial charge in [-0.15, -0.1) is 0 Å². The minimum absolute atomic E-state index is 0.324. The molecule has 0 aliphatic carbocycles. The summed E-state index contributed by atoms with van der Waals surface area (Å²) in [6.07, 6.45) is 4.10. The minimum atomic E-state index is -0.324. The number of hydrogen-bond donors (Lipinski definition) is 0. The standard InChI is InChI=1S/C21H15FN2O2/c22-17-4-1-5-20(12-17)25-19-8-6-15(7-9-19)11-18-13-21(26-24-18)16-3-2-10-23-14-16/h1-10,12-14H,11H2. The van der Waals surface area contributed by atoms with Crippen LogP contribution < -0.4 is 4.74 Å². The second-order valence-electron chi connectivity index (χ2n) is 5.80. The molecule has 0 fully saturated rings. The fourth-order valence-corrected chi connectivity index (χ4v) is 2.59. The Kier molecular flexibility index (Phi) is 4.43. The number of pyridine rings is 1. The van der Waals surface area contributed by atoms with E-state index in [4.69, 9.17) is 9.26 Å². The second-order valence-corrected chi connectivity index (χ2v) is 5.80. The molecule has 0 radical (unpaired) electrons. The average molecular weight is 346 g/mol. The highest BCUT2D eigenvalue weighted by Gasteiger charge is 2.08. The van der Waals surface area contributed by atoms with E-state index in [-0.39, 0.29) is 5.82 Å². The lowest BCUT2D eigenvalue weighted by atomic mass is 10.1. The van der Waals surface area contributed by atoms with E-state index in [9.17, 15) is 4.39 Å². The van der Waals surface area contributed by atoms with Crippen molar-refractivity contribution in [2.24, 2.45) is 0 Å². The van der Waals surface area contributed by atoms with Crippen LogP contribution in [-0.4, -0.2) is 10.1 Å². The predicted molar refractivity (Wildman–Crippen MR) is 95.5 cm³/mol. The highest BCUT2D eigenvalue weighted by atomic mass is 19.1. The summed E-state index contributed by atoms with van der Waals surface area (Å²) in [5.41, 5.74) is 2.80. The van der Waals surface area contributed by atoms with Gasteiger partial charge in [-0.1, -0.05) is 23.4 Å². The average Bonchev–Trinajstić information content (AvgIpc) is 3.13. The number of ether oxygens (including phenoxy) is 1. The molecule has 4 rings (SSSR count). The van der Waals surface area contributed by atoms with Gasteiger partial charge in [0.1, 0.15) is 17.3 Å². The zero-order valence-corrected chi connectivity index (χ0v) is 13.8. The van der Waals surface area contributed by atoms with Crippen molar-refractivity contribution in [3.8, 4) is 22.8 Å². The molecule has 0 amide bonds. The minimum Gasteiger partial charge on any atom is -0.457 e. The molecule has 128 valence electrons. The van der Waals surface area contributed by atoms with Gasteiger partial charge in [0.05, 0.1) is 5.69 Å². The van der Waals surface area contributed by atoms with Gasteiger partial charge in [-0.3, -0.25) is 4.98 Å². The van der Waals surface area contributed by atoms with Crippen molar-refractivity contribution < 1.29 is 13.7 Å². The first-order valence-corrected chi connectivity index (χ1v) is 8.15. The van der Waals surface area contributed by atoms with Gasteiger partial charge < -0.3 is 9.26 Å². The zero-order valence-electron chi connectivity index (χ0n) is 13.8. The van der Waals surface area contributed by atoms with Crippen molar-refractivity contribution in [2.75, 3.05) is 0 Å². The Morgan fingerprint density at radius 3 is 2.58 bits per heavy atom. The number of hydrogen-bond acceptors (Lipinski definition) is 4. The number of halogens is 1. The van der Waals surface area contributed by atoms with Crippen molar-refractivity contribution in [3.05, 3.63) is 96.2 Å². The first kappa shape index (κ1) is 16.0. The maximum absolute atomic E-state index is 13.2. The summed E-state index contributed by atoms with van der Waals surface area (Å²) in [6, 6.07) is 19.4. The summed E-state index contributed by atoms with van der Waals surface area (Å²) in [4.78, 5) is 4.08. The van der Waals surface area contributed by atoms with E-state index in [1.165, 1.54) is 12.1 Å². The Hall–Kier alpha value is -3.47. The van der Waals surface area contributed by atoms with Gasteiger partial charge in [-0.25, -0.2) is 4.39 Å². The number of rotatable bonds is 5. The molecule has 0 aliphatic heterocycles. The highest BCUT2D eigenvalue weighted by Crippen LogP contribution is 2.24. The van der Waals surface area contributed by atoms with Gasteiger partial charge in [0, 0.05) is 36.5 Å². The van der Waals surface area contributed by atoms with Gasteiger partial charge in [-0.05, 0) is 42.0 Å². The van der Waals surface area contributed by atoms with Crippen LogP contribution in [0.4, 0.5) is 4.39 Å². The molecule has 0 unspecified atom stereocenters.